The van der Waals surface area contributed by atoms with E-state index in [1.165, 1.54) is 0 Å². The number of methoxy groups -OCH3 is 2. The van der Waals surface area contributed by atoms with Gasteiger partial charge in [-0.05, 0) is 41.8 Å². The Hall–Kier alpha value is -3.00. The first-order chi connectivity index (χ1) is 11.7. The topological polar surface area (TPSA) is 71.3 Å². The molecule has 2 rings (SSSR count). The van der Waals surface area contributed by atoms with Crippen LogP contribution in [0.5, 0.6) is 11.5 Å². The minimum absolute atomic E-state index is 0.0193. The number of hydrogen-bond acceptors (Lipinski definition) is 4. The summed E-state index contributed by atoms with van der Waals surface area (Å²) in [5, 5.41) is 11.7. The molecular weight excluding hydrogens is 304 g/mol. The average Bonchev–Trinajstić information content (AvgIpc) is 2.64. The molecule has 2 aromatic carbocycles. The summed E-state index contributed by atoms with van der Waals surface area (Å²) in [4.78, 5) is 12.0. The lowest BCUT2D eigenvalue weighted by atomic mass is 10.1. The third kappa shape index (κ3) is 4.75. The van der Waals surface area contributed by atoms with Gasteiger partial charge in [-0.15, -0.1) is 0 Å². The summed E-state index contributed by atoms with van der Waals surface area (Å²) in [6.45, 7) is 0.437. The van der Waals surface area contributed by atoms with Crippen LogP contribution in [-0.4, -0.2) is 20.1 Å². The molecule has 0 radical (unpaired) electrons. The van der Waals surface area contributed by atoms with Crippen LogP contribution in [0.25, 0.3) is 0 Å². The zero-order valence-electron chi connectivity index (χ0n) is 13.8. The van der Waals surface area contributed by atoms with Gasteiger partial charge in [0.25, 0.3) is 0 Å². The van der Waals surface area contributed by atoms with E-state index in [1.54, 1.807) is 26.4 Å². The molecule has 0 aromatic heterocycles. The molecule has 2 aromatic rings. The molecule has 0 atom stereocenters. The largest absolute Gasteiger partial charge is 0.493 e. The van der Waals surface area contributed by atoms with Crippen LogP contribution in [0.3, 0.4) is 0 Å². The fourth-order valence-electron chi connectivity index (χ4n) is 2.28. The second-order valence-corrected chi connectivity index (χ2v) is 5.27. The van der Waals surface area contributed by atoms with Crippen LogP contribution in [0.1, 0.15) is 23.1 Å². The van der Waals surface area contributed by atoms with Crippen LogP contribution < -0.4 is 14.8 Å². The molecule has 0 bridgehead atoms. The smallest absolute Gasteiger partial charge is 0.220 e. The van der Waals surface area contributed by atoms with Gasteiger partial charge in [-0.2, -0.15) is 5.26 Å². The lowest BCUT2D eigenvalue weighted by Crippen LogP contribution is -2.23. The highest BCUT2D eigenvalue weighted by molar-refractivity contribution is 5.76. The molecular formula is C19H20N2O3. The van der Waals surface area contributed by atoms with Crippen LogP contribution in [-0.2, 0) is 17.8 Å². The van der Waals surface area contributed by atoms with E-state index < -0.39 is 0 Å². The van der Waals surface area contributed by atoms with Gasteiger partial charge in [0.05, 0.1) is 25.9 Å². The summed E-state index contributed by atoms with van der Waals surface area (Å²) in [6.07, 6.45) is 1.04. The highest BCUT2D eigenvalue weighted by Crippen LogP contribution is 2.27. The number of amides is 1. The number of nitrogens with zero attached hydrogens (tertiary/aromatic N) is 1. The molecule has 1 amide bonds. The van der Waals surface area contributed by atoms with Crippen LogP contribution in [0.4, 0.5) is 0 Å². The van der Waals surface area contributed by atoms with Crippen LogP contribution in [0.15, 0.2) is 42.5 Å². The molecule has 24 heavy (non-hydrogen) atoms. The van der Waals surface area contributed by atoms with Crippen LogP contribution in [0.2, 0.25) is 0 Å². The lowest BCUT2D eigenvalue weighted by Gasteiger charge is -2.10. The summed E-state index contributed by atoms with van der Waals surface area (Å²) >= 11 is 0. The molecule has 1 N–H and O–H groups in total. The predicted octanol–water partition coefficient (Wildman–Crippen LogP) is 2.82. The maximum Gasteiger partial charge on any atom is 0.220 e. The van der Waals surface area contributed by atoms with Gasteiger partial charge < -0.3 is 14.8 Å². The predicted molar refractivity (Wildman–Crippen MR) is 90.9 cm³/mol. The van der Waals surface area contributed by atoms with E-state index in [4.69, 9.17) is 14.7 Å². The van der Waals surface area contributed by atoms with Crippen molar-refractivity contribution in [2.75, 3.05) is 14.2 Å². The molecule has 0 spiro atoms. The second kappa shape index (κ2) is 8.59. The van der Waals surface area contributed by atoms with E-state index in [0.717, 1.165) is 11.1 Å². The van der Waals surface area contributed by atoms with Crippen molar-refractivity contribution in [3.8, 4) is 17.6 Å². The zero-order chi connectivity index (χ0) is 17.4. The van der Waals surface area contributed by atoms with Gasteiger partial charge in [0, 0.05) is 13.0 Å². The molecule has 0 fully saturated rings. The molecule has 0 unspecified atom stereocenters. The van der Waals surface area contributed by atoms with E-state index in [9.17, 15) is 4.79 Å². The van der Waals surface area contributed by atoms with Crippen LogP contribution in [0, 0.1) is 11.3 Å². The quantitative estimate of drug-likeness (QED) is 0.850. The lowest BCUT2D eigenvalue weighted by molar-refractivity contribution is -0.121. The summed E-state index contributed by atoms with van der Waals surface area (Å²) in [6, 6.07) is 14.9. The van der Waals surface area contributed by atoms with Crippen molar-refractivity contribution in [2.24, 2.45) is 0 Å². The normalized spacial score (nSPS) is 9.88. The van der Waals surface area contributed by atoms with Gasteiger partial charge >= 0.3 is 0 Å². The molecule has 124 valence electrons. The molecule has 0 saturated heterocycles. The van der Waals surface area contributed by atoms with Crippen molar-refractivity contribution in [2.45, 2.75) is 19.4 Å². The summed E-state index contributed by atoms with van der Waals surface area (Å²) in [5.74, 6) is 1.28. The van der Waals surface area contributed by atoms with Gasteiger partial charge in [0.15, 0.2) is 11.5 Å². The van der Waals surface area contributed by atoms with Gasteiger partial charge in [-0.3, -0.25) is 4.79 Å². The molecule has 5 nitrogen and oxygen atoms in total. The van der Waals surface area contributed by atoms with E-state index >= 15 is 0 Å². The van der Waals surface area contributed by atoms with Gasteiger partial charge in [0.2, 0.25) is 5.91 Å². The van der Waals surface area contributed by atoms with Gasteiger partial charge in [0.1, 0.15) is 0 Å². The number of carbonyl (C=O) groups excluding carboxylic acids is 1. The highest BCUT2D eigenvalue weighted by Gasteiger charge is 2.06. The van der Waals surface area contributed by atoms with E-state index in [2.05, 4.69) is 11.4 Å². The Kier molecular flexibility index (Phi) is 6.21. The molecule has 0 aliphatic carbocycles. The first kappa shape index (κ1) is 17.4. The van der Waals surface area contributed by atoms with E-state index in [1.807, 2.05) is 30.3 Å². The Morgan fingerprint density at radius 1 is 1.04 bits per heavy atom. The number of nitriles is 1. The van der Waals surface area contributed by atoms with Crippen molar-refractivity contribution in [1.29, 1.82) is 5.26 Å². The Labute approximate surface area is 141 Å². The Morgan fingerprint density at radius 3 is 2.33 bits per heavy atom. The van der Waals surface area contributed by atoms with Crippen molar-refractivity contribution in [1.82, 2.24) is 5.32 Å². The third-order valence-corrected chi connectivity index (χ3v) is 3.66. The van der Waals surface area contributed by atoms with Crippen LogP contribution >= 0.6 is 0 Å². The van der Waals surface area contributed by atoms with Crippen molar-refractivity contribution in [3.63, 3.8) is 0 Å². The van der Waals surface area contributed by atoms with Crippen molar-refractivity contribution in [3.05, 3.63) is 59.2 Å². The van der Waals surface area contributed by atoms with Crippen molar-refractivity contribution >= 4 is 5.91 Å². The fraction of sp³-hybridized carbons (Fsp3) is 0.263. The summed E-state index contributed by atoms with van der Waals surface area (Å²) < 4.78 is 10.4. The number of carbonyl (C=O) groups is 1. The summed E-state index contributed by atoms with van der Waals surface area (Å²) in [7, 11) is 3.17. The molecule has 5 heteroatoms. The van der Waals surface area contributed by atoms with E-state index in [-0.39, 0.29) is 5.91 Å². The molecule has 0 aliphatic rings. The zero-order valence-corrected chi connectivity index (χ0v) is 13.8. The van der Waals surface area contributed by atoms with Crippen molar-refractivity contribution < 1.29 is 14.3 Å². The Morgan fingerprint density at radius 2 is 1.71 bits per heavy atom. The minimum Gasteiger partial charge on any atom is -0.493 e. The summed E-state index contributed by atoms with van der Waals surface area (Å²) in [5.41, 5.74) is 2.60. The van der Waals surface area contributed by atoms with Gasteiger partial charge in [-0.25, -0.2) is 0 Å². The standard InChI is InChI=1S/C19H20N2O3/c1-23-17-9-7-16(11-18(17)24-2)13-21-19(22)10-8-14-3-5-15(12-20)6-4-14/h3-7,9,11H,8,10,13H2,1-2H3,(H,21,22). The highest BCUT2D eigenvalue weighted by atomic mass is 16.5. The maximum absolute atomic E-state index is 12.0. The fourth-order valence-corrected chi connectivity index (χ4v) is 2.28. The average molecular weight is 324 g/mol. The Bertz CT molecular complexity index is 733. The first-order valence-electron chi connectivity index (χ1n) is 7.63. The number of benzene rings is 2. The number of nitrogens with one attached hydrogen (secondary N) is 1. The first-order valence-corrected chi connectivity index (χ1v) is 7.63. The van der Waals surface area contributed by atoms with Gasteiger partial charge in [-0.1, -0.05) is 18.2 Å². The second-order valence-electron chi connectivity index (χ2n) is 5.27. The molecule has 0 heterocycles. The monoisotopic (exact) mass is 324 g/mol. The number of aryl methyl sites for hydroxylation is 1. The number of rotatable bonds is 7. The minimum atomic E-state index is -0.0193. The number of ether oxygens (including phenoxy) is 2. The third-order valence-electron chi connectivity index (χ3n) is 3.66. The SMILES string of the molecule is COc1ccc(CNC(=O)CCc2ccc(C#N)cc2)cc1OC. The molecule has 0 aliphatic heterocycles. The Balaban J connectivity index is 1.83. The maximum atomic E-state index is 12.0. The molecule has 0 saturated carbocycles. The number of hydrogen-bond donors (Lipinski definition) is 1. The van der Waals surface area contributed by atoms with E-state index in [0.29, 0.717) is 36.4 Å².